The Kier molecular flexibility index (Phi) is 6.46. The summed E-state index contributed by atoms with van der Waals surface area (Å²) in [6.07, 6.45) is 1.67. The molecule has 6 nitrogen and oxygen atoms in total. The monoisotopic (exact) mass is 416 g/mol. The number of carbonyl (C=O) groups is 1. The minimum atomic E-state index is 0.0662. The molecule has 6 heteroatoms. The van der Waals surface area contributed by atoms with Gasteiger partial charge in [0.2, 0.25) is 5.91 Å². The predicted molar refractivity (Wildman–Crippen MR) is 122 cm³/mol. The summed E-state index contributed by atoms with van der Waals surface area (Å²) >= 11 is 0. The van der Waals surface area contributed by atoms with Crippen LogP contribution in [-0.4, -0.2) is 48.3 Å². The van der Waals surface area contributed by atoms with Gasteiger partial charge in [0.05, 0.1) is 12.8 Å². The van der Waals surface area contributed by atoms with Gasteiger partial charge >= 0.3 is 0 Å². The lowest BCUT2D eigenvalue weighted by molar-refractivity contribution is -0.135. The summed E-state index contributed by atoms with van der Waals surface area (Å²) in [7, 11) is 3.55. The maximum absolute atomic E-state index is 12.9. The molecule has 0 unspecified atom stereocenters. The zero-order valence-electron chi connectivity index (χ0n) is 18.1. The van der Waals surface area contributed by atoms with Crippen molar-refractivity contribution in [3.63, 3.8) is 0 Å². The van der Waals surface area contributed by atoms with Crippen molar-refractivity contribution >= 4 is 11.7 Å². The highest BCUT2D eigenvalue weighted by molar-refractivity contribution is 5.79. The van der Waals surface area contributed by atoms with Crippen molar-refractivity contribution in [1.82, 2.24) is 15.1 Å². The fraction of sp³-hybridized carbons (Fsp3) is 0.320. The van der Waals surface area contributed by atoms with Gasteiger partial charge in [-0.3, -0.25) is 4.79 Å². The van der Waals surface area contributed by atoms with Gasteiger partial charge in [-0.2, -0.15) is 0 Å². The molecule has 0 saturated carbocycles. The molecule has 1 aromatic heterocycles. The first-order valence-corrected chi connectivity index (χ1v) is 10.7. The van der Waals surface area contributed by atoms with Crippen LogP contribution < -0.4 is 9.64 Å². The number of hydrogen-bond donors (Lipinski definition) is 0. The lowest BCUT2D eigenvalue weighted by Crippen LogP contribution is -2.41. The number of anilines is 1. The third-order valence-electron chi connectivity index (χ3n) is 5.84. The predicted octanol–water partition coefficient (Wildman–Crippen LogP) is 4.03. The topological polar surface area (TPSA) is 58.6 Å². The number of piperidine rings is 1. The molecule has 1 saturated heterocycles. The van der Waals surface area contributed by atoms with Gasteiger partial charge in [-0.15, -0.1) is 10.2 Å². The van der Waals surface area contributed by atoms with Crippen molar-refractivity contribution in [2.75, 3.05) is 32.1 Å². The second-order valence-corrected chi connectivity index (χ2v) is 7.95. The Labute approximate surface area is 183 Å². The zero-order chi connectivity index (χ0) is 21.6. The van der Waals surface area contributed by atoms with Gasteiger partial charge in [0.25, 0.3) is 0 Å². The number of rotatable bonds is 6. The number of methoxy groups -OCH3 is 1. The maximum atomic E-state index is 12.9. The molecule has 0 spiro atoms. The number of hydrogen-bond acceptors (Lipinski definition) is 5. The van der Waals surface area contributed by atoms with E-state index in [4.69, 9.17) is 4.74 Å². The highest BCUT2D eigenvalue weighted by atomic mass is 16.5. The van der Waals surface area contributed by atoms with E-state index in [1.807, 2.05) is 66.5 Å². The second-order valence-electron chi connectivity index (χ2n) is 7.95. The number of ether oxygens (including phenoxy) is 1. The minimum absolute atomic E-state index is 0.0662. The molecule has 2 aromatic carbocycles. The first kappa shape index (κ1) is 20.8. The molecule has 0 bridgehead atoms. The van der Waals surface area contributed by atoms with E-state index in [9.17, 15) is 4.79 Å². The van der Waals surface area contributed by atoms with Crippen LogP contribution >= 0.6 is 0 Å². The first-order chi connectivity index (χ1) is 15.1. The molecule has 0 N–H and O–H groups in total. The summed E-state index contributed by atoms with van der Waals surface area (Å²) in [5.74, 6) is 1.97. The van der Waals surface area contributed by atoms with Crippen LogP contribution in [0, 0.1) is 5.92 Å². The van der Waals surface area contributed by atoms with Gasteiger partial charge in [0.1, 0.15) is 5.75 Å². The molecule has 31 heavy (non-hydrogen) atoms. The largest absolute Gasteiger partial charge is 0.497 e. The van der Waals surface area contributed by atoms with E-state index in [2.05, 4.69) is 27.2 Å². The lowest BCUT2D eigenvalue weighted by Gasteiger charge is -2.33. The van der Waals surface area contributed by atoms with E-state index < -0.39 is 0 Å². The summed E-state index contributed by atoms with van der Waals surface area (Å²) in [6, 6.07) is 21.9. The molecule has 2 heterocycles. The highest BCUT2D eigenvalue weighted by Crippen LogP contribution is 2.25. The van der Waals surface area contributed by atoms with E-state index in [0.717, 1.165) is 54.3 Å². The lowest BCUT2D eigenvalue weighted by atomic mass is 9.95. The van der Waals surface area contributed by atoms with Crippen molar-refractivity contribution in [3.05, 3.63) is 72.3 Å². The summed E-state index contributed by atoms with van der Waals surface area (Å²) in [5.41, 5.74) is 2.99. The first-order valence-electron chi connectivity index (χ1n) is 10.7. The van der Waals surface area contributed by atoms with Crippen LogP contribution in [0.3, 0.4) is 0 Å². The third kappa shape index (κ3) is 5.02. The number of benzene rings is 2. The Hall–Kier alpha value is -3.41. The van der Waals surface area contributed by atoms with Gasteiger partial charge < -0.3 is 14.5 Å². The van der Waals surface area contributed by atoms with E-state index in [1.165, 1.54) is 0 Å². The quantitative estimate of drug-likeness (QED) is 0.607. The Morgan fingerprint density at radius 3 is 2.32 bits per heavy atom. The second kappa shape index (κ2) is 9.60. The van der Waals surface area contributed by atoms with E-state index in [-0.39, 0.29) is 11.8 Å². The van der Waals surface area contributed by atoms with E-state index in [0.29, 0.717) is 6.54 Å². The summed E-state index contributed by atoms with van der Waals surface area (Å²) in [5, 5.41) is 8.83. The minimum Gasteiger partial charge on any atom is -0.497 e. The van der Waals surface area contributed by atoms with Gasteiger partial charge in [-0.1, -0.05) is 30.3 Å². The zero-order valence-corrected chi connectivity index (χ0v) is 18.1. The summed E-state index contributed by atoms with van der Waals surface area (Å²) < 4.78 is 5.20. The van der Waals surface area contributed by atoms with Crippen LogP contribution in [0.5, 0.6) is 5.75 Å². The molecule has 160 valence electrons. The Bertz CT molecular complexity index is 982. The summed E-state index contributed by atoms with van der Waals surface area (Å²) in [4.78, 5) is 16.9. The molecule has 3 aromatic rings. The molecule has 1 amide bonds. The van der Waals surface area contributed by atoms with Crippen LogP contribution in [0.2, 0.25) is 0 Å². The number of nitrogens with zero attached hydrogens (tertiary/aromatic N) is 4. The maximum Gasteiger partial charge on any atom is 0.225 e. The van der Waals surface area contributed by atoms with Crippen LogP contribution in [0.25, 0.3) is 11.3 Å². The number of carbonyl (C=O) groups excluding carboxylic acids is 1. The highest BCUT2D eigenvalue weighted by Gasteiger charge is 2.27. The van der Waals surface area contributed by atoms with Crippen LogP contribution in [0.1, 0.15) is 18.4 Å². The van der Waals surface area contributed by atoms with Crippen LogP contribution in [0.4, 0.5) is 5.82 Å². The van der Waals surface area contributed by atoms with Crippen LogP contribution in [0.15, 0.2) is 66.7 Å². The van der Waals surface area contributed by atoms with Crippen molar-refractivity contribution in [2.45, 2.75) is 19.4 Å². The smallest absolute Gasteiger partial charge is 0.225 e. The van der Waals surface area contributed by atoms with Gasteiger partial charge in [0.15, 0.2) is 5.82 Å². The molecular formula is C25H28N4O2. The molecule has 1 aliphatic heterocycles. The van der Waals surface area contributed by atoms with Crippen molar-refractivity contribution < 1.29 is 9.53 Å². The fourth-order valence-electron chi connectivity index (χ4n) is 4.01. The molecule has 0 radical (unpaired) electrons. The SMILES string of the molecule is COc1ccc(-c2ccc(N3CCC(C(=O)N(C)Cc4ccccc4)CC3)nn2)cc1. The van der Waals surface area contributed by atoms with Gasteiger partial charge in [0, 0.05) is 38.2 Å². The molecular weight excluding hydrogens is 388 g/mol. The third-order valence-corrected chi connectivity index (χ3v) is 5.84. The van der Waals surface area contributed by atoms with Gasteiger partial charge in [-0.25, -0.2) is 0 Å². The fourth-order valence-corrected chi connectivity index (χ4v) is 4.01. The van der Waals surface area contributed by atoms with Crippen molar-refractivity contribution in [2.24, 2.45) is 5.92 Å². The molecule has 1 aliphatic rings. The van der Waals surface area contributed by atoms with Crippen molar-refractivity contribution in [3.8, 4) is 17.0 Å². The Morgan fingerprint density at radius 2 is 1.71 bits per heavy atom. The average molecular weight is 417 g/mol. The molecule has 0 aliphatic carbocycles. The van der Waals surface area contributed by atoms with E-state index in [1.54, 1.807) is 7.11 Å². The standard InChI is InChI=1S/C25H28N4O2/c1-28(18-19-6-4-3-5-7-19)25(30)21-14-16-29(17-15-21)24-13-12-23(26-27-24)20-8-10-22(31-2)11-9-20/h3-13,21H,14-18H2,1-2H3. The Morgan fingerprint density at radius 1 is 1.00 bits per heavy atom. The normalized spacial score (nSPS) is 14.3. The molecule has 0 atom stereocenters. The molecule has 1 fully saturated rings. The Balaban J connectivity index is 1.32. The van der Waals surface area contributed by atoms with Crippen molar-refractivity contribution in [1.29, 1.82) is 0 Å². The average Bonchev–Trinajstić information content (AvgIpc) is 2.84. The summed E-state index contributed by atoms with van der Waals surface area (Å²) in [6.45, 7) is 2.27. The number of aromatic nitrogens is 2. The van der Waals surface area contributed by atoms with Crippen LogP contribution in [-0.2, 0) is 11.3 Å². The van der Waals surface area contributed by atoms with E-state index >= 15 is 0 Å². The molecule has 4 rings (SSSR count). The van der Waals surface area contributed by atoms with Gasteiger partial charge in [-0.05, 0) is 54.8 Å². The number of amides is 1.